The number of amides is 1. The van der Waals surface area contributed by atoms with Crippen molar-refractivity contribution in [1.29, 1.82) is 5.26 Å². The summed E-state index contributed by atoms with van der Waals surface area (Å²) in [5.74, 6) is -2.22. The predicted molar refractivity (Wildman–Crippen MR) is 137 cm³/mol. The third kappa shape index (κ3) is 6.05. The van der Waals surface area contributed by atoms with E-state index < -0.39 is 24.1 Å². The molecule has 2 aliphatic heterocycles. The fraction of sp³-hybridized carbons (Fsp3) is 0.400. The number of fused-ring (bicyclic) bond motifs is 4. The van der Waals surface area contributed by atoms with Gasteiger partial charge in [0, 0.05) is 19.1 Å². The van der Waals surface area contributed by atoms with E-state index in [4.69, 9.17) is 21.1 Å². The maximum Gasteiger partial charge on any atom is 0.471 e. The van der Waals surface area contributed by atoms with Crippen LogP contribution in [0.2, 0.25) is 5.02 Å². The van der Waals surface area contributed by atoms with Crippen LogP contribution in [0, 0.1) is 11.3 Å². The first kappa shape index (κ1) is 27.7. The summed E-state index contributed by atoms with van der Waals surface area (Å²) in [6.45, 7) is -0.128. The van der Waals surface area contributed by atoms with Gasteiger partial charge in [0.2, 0.25) is 0 Å². The lowest BCUT2D eigenvalue weighted by molar-refractivity contribution is -0.186. The Labute approximate surface area is 226 Å². The number of anilines is 2. The molecule has 4 rings (SSSR count). The minimum absolute atomic E-state index is 0.167. The highest BCUT2D eigenvalue weighted by atomic mass is 35.5. The fourth-order valence-corrected chi connectivity index (χ4v) is 5.51. The zero-order valence-electron chi connectivity index (χ0n) is 20.3. The molecular weight excluding hydrogens is 545 g/mol. The van der Waals surface area contributed by atoms with E-state index in [0.29, 0.717) is 35.0 Å². The van der Waals surface area contributed by atoms with Gasteiger partial charge in [-0.15, -0.1) is 0 Å². The average molecular weight is 569 g/mol. The topological polar surface area (TPSA) is 94.9 Å². The van der Waals surface area contributed by atoms with Gasteiger partial charge in [0.05, 0.1) is 46.1 Å². The molecule has 0 radical (unpaired) electrons. The SMILES string of the molecule is COC(=O)c1ccc2c(c1)SNc1cc(C#N)c(Cl)cc1N1CCCCC1CN(C(=O)C(F)(F)F)CCO2. The second-order valence-corrected chi connectivity index (χ2v) is 10.0. The normalized spacial score (nSPS) is 18.1. The Bertz CT molecular complexity index is 1270. The number of ether oxygens (including phenoxy) is 2. The standard InChI is InChI=1S/C25H24ClF3N4O4S/c1-36-23(34)15-5-6-21-22(11-15)38-31-19-10-16(13-30)18(26)12-20(19)33-7-3-2-4-17(33)14-32(8-9-37-21)24(35)25(27,28)29/h5-6,10-12,17,31H,2-4,7-9,14H2,1H3. The summed E-state index contributed by atoms with van der Waals surface area (Å²) in [4.78, 5) is 27.6. The Morgan fingerprint density at radius 3 is 2.74 bits per heavy atom. The van der Waals surface area contributed by atoms with Crippen LogP contribution in [-0.4, -0.2) is 62.3 Å². The quantitative estimate of drug-likeness (QED) is 0.368. The van der Waals surface area contributed by atoms with E-state index in [-0.39, 0.29) is 35.8 Å². The maximum atomic E-state index is 13.5. The summed E-state index contributed by atoms with van der Waals surface area (Å²) in [7, 11) is 1.25. The molecule has 38 heavy (non-hydrogen) atoms. The van der Waals surface area contributed by atoms with Crippen molar-refractivity contribution in [1.82, 2.24) is 4.90 Å². The third-order valence-corrected chi connectivity index (χ3v) is 7.53. The van der Waals surface area contributed by atoms with Gasteiger partial charge in [0.1, 0.15) is 18.4 Å². The van der Waals surface area contributed by atoms with Crippen LogP contribution >= 0.6 is 23.5 Å². The number of carbonyl (C=O) groups is 2. The van der Waals surface area contributed by atoms with Crippen LogP contribution < -0.4 is 14.4 Å². The van der Waals surface area contributed by atoms with Gasteiger partial charge in [0.15, 0.2) is 0 Å². The zero-order chi connectivity index (χ0) is 27.4. The van der Waals surface area contributed by atoms with Crippen LogP contribution in [0.3, 0.4) is 0 Å². The van der Waals surface area contributed by atoms with Crippen LogP contribution in [0.1, 0.15) is 35.2 Å². The lowest BCUT2D eigenvalue weighted by Gasteiger charge is -2.41. The van der Waals surface area contributed by atoms with Crippen molar-refractivity contribution in [3.63, 3.8) is 0 Å². The second kappa shape index (κ2) is 11.6. The summed E-state index contributed by atoms with van der Waals surface area (Å²) in [6.07, 6.45) is -2.89. The number of alkyl halides is 3. The molecule has 1 atom stereocenters. The van der Waals surface area contributed by atoms with E-state index >= 15 is 0 Å². The Hall–Kier alpha value is -3.30. The second-order valence-electron chi connectivity index (χ2n) is 8.76. The number of hydrogen-bond acceptors (Lipinski definition) is 8. The molecule has 0 bridgehead atoms. The van der Waals surface area contributed by atoms with Gasteiger partial charge in [-0.1, -0.05) is 11.6 Å². The summed E-state index contributed by atoms with van der Waals surface area (Å²) >= 11 is 7.47. The summed E-state index contributed by atoms with van der Waals surface area (Å²) in [5, 5.41) is 9.75. The lowest BCUT2D eigenvalue weighted by atomic mass is 9.99. The first-order valence-corrected chi connectivity index (χ1v) is 13.0. The number of hydrogen-bond donors (Lipinski definition) is 1. The number of nitrogens with zero attached hydrogens (tertiary/aromatic N) is 3. The molecule has 1 fully saturated rings. The highest BCUT2D eigenvalue weighted by Crippen LogP contribution is 2.40. The molecule has 1 N–H and O–H groups in total. The summed E-state index contributed by atoms with van der Waals surface area (Å²) in [5.41, 5.74) is 1.55. The van der Waals surface area contributed by atoms with Gasteiger partial charge in [-0.25, -0.2) is 4.79 Å². The third-order valence-electron chi connectivity index (χ3n) is 6.36. The average Bonchev–Trinajstić information content (AvgIpc) is 2.91. The van der Waals surface area contributed by atoms with Crippen molar-refractivity contribution in [3.05, 3.63) is 46.5 Å². The minimum Gasteiger partial charge on any atom is -0.491 e. The first-order chi connectivity index (χ1) is 18.1. The van der Waals surface area contributed by atoms with E-state index in [9.17, 15) is 28.0 Å². The van der Waals surface area contributed by atoms with Crippen LogP contribution in [0.15, 0.2) is 35.2 Å². The smallest absolute Gasteiger partial charge is 0.471 e. The number of benzene rings is 2. The summed E-state index contributed by atoms with van der Waals surface area (Å²) < 4.78 is 54.3. The molecule has 0 spiro atoms. The van der Waals surface area contributed by atoms with Gasteiger partial charge in [0.25, 0.3) is 0 Å². The van der Waals surface area contributed by atoms with Crippen molar-refractivity contribution >= 4 is 46.8 Å². The monoisotopic (exact) mass is 568 g/mol. The van der Waals surface area contributed by atoms with Gasteiger partial charge in [-0.3, -0.25) is 4.79 Å². The largest absolute Gasteiger partial charge is 0.491 e. The molecule has 1 unspecified atom stereocenters. The fourth-order valence-electron chi connectivity index (χ4n) is 4.51. The Kier molecular flexibility index (Phi) is 8.47. The molecule has 13 heteroatoms. The molecule has 2 aromatic carbocycles. The van der Waals surface area contributed by atoms with Crippen molar-refractivity contribution in [3.8, 4) is 11.8 Å². The number of halogens is 4. The molecule has 1 amide bonds. The first-order valence-electron chi connectivity index (χ1n) is 11.8. The highest BCUT2D eigenvalue weighted by Gasteiger charge is 2.43. The molecule has 2 aliphatic rings. The van der Waals surface area contributed by atoms with Gasteiger partial charge < -0.3 is 24.0 Å². The Morgan fingerprint density at radius 2 is 2.03 bits per heavy atom. The number of nitrogens with one attached hydrogen (secondary N) is 1. The maximum absolute atomic E-state index is 13.5. The van der Waals surface area contributed by atoms with Gasteiger partial charge >= 0.3 is 18.1 Å². The van der Waals surface area contributed by atoms with Gasteiger partial charge in [-0.2, -0.15) is 18.4 Å². The Balaban J connectivity index is 1.82. The molecule has 0 aromatic heterocycles. The number of nitriles is 1. The molecule has 1 saturated heterocycles. The predicted octanol–water partition coefficient (Wildman–Crippen LogP) is 5.26. The molecule has 202 valence electrons. The molecule has 0 saturated carbocycles. The zero-order valence-corrected chi connectivity index (χ0v) is 21.9. The molecule has 0 aliphatic carbocycles. The van der Waals surface area contributed by atoms with E-state index in [0.717, 1.165) is 29.7 Å². The van der Waals surface area contributed by atoms with E-state index in [1.165, 1.54) is 25.3 Å². The van der Waals surface area contributed by atoms with Crippen molar-refractivity contribution in [2.24, 2.45) is 0 Å². The Morgan fingerprint density at radius 1 is 1.24 bits per heavy atom. The molecule has 8 nitrogen and oxygen atoms in total. The van der Waals surface area contributed by atoms with Crippen molar-refractivity contribution < 1.29 is 32.2 Å². The van der Waals surface area contributed by atoms with Crippen LogP contribution in [0.25, 0.3) is 0 Å². The lowest BCUT2D eigenvalue weighted by Crippen LogP contribution is -2.52. The van der Waals surface area contributed by atoms with Crippen molar-refractivity contribution in [2.75, 3.05) is 43.0 Å². The van der Waals surface area contributed by atoms with Crippen molar-refractivity contribution in [2.45, 2.75) is 36.4 Å². The number of rotatable bonds is 1. The number of carbonyl (C=O) groups excluding carboxylic acids is 2. The highest BCUT2D eigenvalue weighted by molar-refractivity contribution is 8.00. The van der Waals surface area contributed by atoms with Crippen LogP contribution in [0.4, 0.5) is 24.5 Å². The molecule has 2 heterocycles. The van der Waals surface area contributed by atoms with Crippen LogP contribution in [0.5, 0.6) is 5.75 Å². The van der Waals surface area contributed by atoms with Gasteiger partial charge in [-0.05, 0) is 61.5 Å². The summed E-state index contributed by atoms with van der Waals surface area (Å²) in [6, 6.07) is 9.32. The van der Waals surface area contributed by atoms with E-state index in [1.807, 2.05) is 11.0 Å². The van der Waals surface area contributed by atoms with E-state index in [2.05, 4.69) is 4.72 Å². The number of esters is 1. The molecular formula is C25H24ClF3N4O4S. The van der Waals surface area contributed by atoms with E-state index in [1.54, 1.807) is 12.1 Å². The number of piperidine rings is 1. The number of methoxy groups -OCH3 is 1. The van der Waals surface area contributed by atoms with Crippen LogP contribution in [-0.2, 0) is 9.53 Å². The minimum atomic E-state index is -5.04. The molecule has 2 aromatic rings.